The number of nitrogen functional groups attached to an aromatic ring is 1. The summed E-state index contributed by atoms with van der Waals surface area (Å²) in [5.41, 5.74) is 5.68. The van der Waals surface area contributed by atoms with E-state index in [2.05, 4.69) is 20.4 Å². The molecular formula is C13H11N5O3. The molecule has 3 N–H and O–H groups in total. The van der Waals surface area contributed by atoms with Gasteiger partial charge in [0.2, 0.25) is 5.76 Å². The van der Waals surface area contributed by atoms with E-state index in [-0.39, 0.29) is 12.2 Å². The van der Waals surface area contributed by atoms with Crippen molar-refractivity contribution in [3.8, 4) is 11.5 Å². The van der Waals surface area contributed by atoms with Gasteiger partial charge in [0.25, 0.3) is 5.91 Å². The second kappa shape index (κ2) is 5.45. The Labute approximate surface area is 119 Å². The summed E-state index contributed by atoms with van der Waals surface area (Å²) in [6.45, 7) is 0.146. The maximum Gasteiger partial charge on any atom is 0.273 e. The summed E-state index contributed by atoms with van der Waals surface area (Å²) in [5, 5.41) is 6.32. The molecule has 0 unspecified atom stereocenters. The minimum absolute atomic E-state index is 0.144. The number of furan rings is 1. The van der Waals surface area contributed by atoms with Crippen LogP contribution >= 0.6 is 0 Å². The minimum Gasteiger partial charge on any atom is -0.461 e. The van der Waals surface area contributed by atoms with E-state index in [4.69, 9.17) is 14.7 Å². The zero-order valence-electron chi connectivity index (χ0n) is 10.8. The molecule has 0 aliphatic heterocycles. The quantitative estimate of drug-likeness (QED) is 0.739. The lowest BCUT2D eigenvalue weighted by Crippen LogP contribution is -2.24. The second-order valence-electron chi connectivity index (χ2n) is 4.13. The highest BCUT2D eigenvalue weighted by Gasteiger charge is 2.15. The van der Waals surface area contributed by atoms with E-state index < -0.39 is 5.91 Å². The Kier molecular flexibility index (Phi) is 3.34. The first-order chi connectivity index (χ1) is 10.2. The molecule has 21 heavy (non-hydrogen) atoms. The standard InChI is InChI=1S/C13H11N5O3/c14-11-3-4-15-12(17-11)7-16-13(19)8-6-10(21-18-8)9-2-1-5-20-9/h1-6H,7H2,(H,16,19)(H2,14,15,17). The van der Waals surface area contributed by atoms with Crippen molar-refractivity contribution in [3.05, 3.63) is 48.2 Å². The number of hydrogen-bond donors (Lipinski definition) is 2. The topological polar surface area (TPSA) is 120 Å². The van der Waals surface area contributed by atoms with Gasteiger partial charge in [-0.2, -0.15) is 0 Å². The Balaban J connectivity index is 1.66. The number of nitrogens with zero attached hydrogens (tertiary/aromatic N) is 3. The lowest BCUT2D eigenvalue weighted by molar-refractivity contribution is 0.0941. The number of nitrogens with two attached hydrogens (primary N) is 1. The monoisotopic (exact) mass is 285 g/mol. The van der Waals surface area contributed by atoms with Gasteiger partial charge < -0.3 is 20.0 Å². The molecule has 0 fully saturated rings. The Bertz CT molecular complexity index is 751. The fourth-order valence-corrected chi connectivity index (χ4v) is 1.67. The summed E-state index contributed by atoms with van der Waals surface area (Å²) in [5.74, 6) is 1.24. The summed E-state index contributed by atoms with van der Waals surface area (Å²) in [7, 11) is 0. The number of hydrogen-bond acceptors (Lipinski definition) is 7. The van der Waals surface area contributed by atoms with Crippen molar-refractivity contribution in [3.63, 3.8) is 0 Å². The zero-order chi connectivity index (χ0) is 14.7. The number of carbonyl (C=O) groups excluding carboxylic acids is 1. The largest absolute Gasteiger partial charge is 0.461 e. The van der Waals surface area contributed by atoms with Gasteiger partial charge in [-0.05, 0) is 18.2 Å². The number of nitrogens with one attached hydrogen (secondary N) is 1. The first-order valence-corrected chi connectivity index (χ1v) is 6.08. The Morgan fingerprint density at radius 2 is 2.24 bits per heavy atom. The molecule has 3 heterocycles. The Morgan fingerprint density at radius 1 is 1.33 bits per heavy atom. The summed E-state index contributed by atoms with van der Waals surface area (Å²) in [4.78, 5) is 19.9. The van der Waals surface area contributed by atoms with Crippen LogP contribution in [-0.2, 0) is 6.54 Å². The molecule has 0 saturated heterocycles. The first-order valence-electron chi connectivity index (χ1n) is 6.08. The molecule has 0 aliphatic rings. The molecule has 3 rings (SSSR count). The second-order valence-corrected chi connectivity index (χ2v) is 4.13. The summed E-state index contributed by atoms with van der Waals surface area (Å²) in [6, 6.07) is 6.49. The number of rotatable bonds is 4. The molecule has 0 aromatic carbocycles. The summed E-state index contributed by atoms with van der Waals surface area (Å²) >= 11 is 0. The Hall–Kier alpha value is -3.16. The van der Waals surface area contributed by atoms with E-state index in [1.165, 1.54) is 18.5 Å². The van der Waals surface area contributed by atoms with Crippen molar-refractivity contribution in [1.29, 1.82) is 0 Å². The van der Waals surface area contributed by atoms with Gasteiger partial charge in [-0.3, -0.25) is 4.79 Å². The third kappa shape index (κ3) is 2.89. The summed E-state index contributed by atoms with van der Waals surface area (Å²) in [6.07, 6.45) is 3.03. The number of amides is 1. The predicted molar refractivity (Wildman–Crippen MR) is 71.8 cm³/mol. The number of anilines is 1. The van der Waals surface area contributed by atoms with Crippen LogP contribution in [-0.4, -0.2) is 21.0 Å². The van der Waals surface area contributed by atoms with E-state index in [0.29, 0.717) is 23.2 Å². The van der Waals surface area contributed by atoms with Gasteiger partial charge >= 0.3 is 0 Å². The van der Waals surface area contributed by atoms with Gasteiger partial charge in [-0.1, -0.05) is 5.16 Å². The normalized spacial score (nSPS) is 10.5. The fraction of sp³-hybridized carbons (Fsp3) is 0.0769. The maximum atomic E-state index is 11.9. The van der Waals surface area contributed by atoms with Crippen molar-refractivity contribution in [2.24, 2.45) is 0 Å². The van der Waals surface area contributed by atoms with E-state index in [1.54, 1.807) is 18.2 Å². The zero-order valence-corrected chi connectivity index (χ0v) is 10.8. The van der Waals surface area contributed by atoms with Crippen LogP contribution in [0, 0.1) is 0 Å². The highest BCUT2D eigenvalue weighted by Crippen LogP contribution is 2.20. The van der Waals surface area contributed by atoms with Crippen molar-refractivity contribution in [2.75, 3.05) is 5.73 Å². The van der Waals surface area contributed by atoms with Crippen molar-refractivity contribution < 1.29 is 13.7 Å². The van der Waals surface area contributed by atoms with Gasteiger partial charge in [-0.25, -0.2) is 9.97 Å². The maximum absolute atomic E-state index is 11.9. The van der Waals surface area contributed by atoms with Crippen molar-refractivity contribution >= 4 is 11.7 Å². The van der Waals surface area contributed by atoms with Crippen LogP contribution in [0.5, 0.6) is 0 Å². The van der Waals surface area contributed by atoms with Crippen LogP contribution in [0.2, 0.25) is 0 Å². The number of carbonyl (C=O) groups is 1. The van der Waals surface area contributed by atoms with Gasteiger partial charge in [0, 0.05) is 12.3 Å². The molecule has 0 radical (unpaired) electrons. The third-order valence-corrected chi connectivity index (χ3v) is 2.64. The average molecular weight is 285 g/mol. The molecule has 8 heteroatoms. The van der Waals surface area contributed by atoms with Crippen LogP contribution in [0.3, 0.4) is 0 Å². The third-order valence-electron chi connectivity index (χ3n) is 2.64. The number of aromatic nitrogens is 3. The lowest BCUT2D eigenvalue weighted by Gasteiger charge is -2.01. The van der Waals surface area contributed by atoms with E-state index in [9.17, 15) is 4.79 Å². The molecule has 8 nitrogen and oxygen atoms in total. The Morgan fingerprint density at radius 3 is 3.00 bits per heavy atom. The predicted octanol–water partition coefficient (Wildman–Crippen LogP) is 1.24. The highest BCUT2D eigenvalue weighted by molar-refractivity contribution is 5.92. The van der Waals surface area contributed by atoms with Crippen molar-refractivity contribution in [1.82, 2.24) is 20.4 Å². The average Bonchev–Trinajstić information content (AvgIpc) is 3.15. The van der Waals surface area contributed by atoms with Crippen LogP contribution in [0.25, 0.3) is 11.5 Å². The molecule has 0 spiro atoms. The molecule has 0 saturated carbocycles. The minimum atomic E-state index is -0.400. The molecule has 3 aromatic rings. The van der Waals surface area contributed by atoms with Crippen LogP contribution < -0.4 is 11.1 Å². The lowest BCUT2D eigenvalue weighted by atomic mass is 10.3. The molecule has 106 valence electrons. The van der Waals surface area contributed by atoms with Crippen LogP contribution in [0.4, 0.5) is 5.82 Å². The van der Waals surface area contributed by atoms with Gasteiger partial charge in [0.15, 0.2) is 11.5 Å². The van der Waals surface area contributed by atoms with Gasteiger partial charge in [0.05, 0.1) is 12.8 Å². The van der Waals surface area contributed by atoms with E-state index in [0.717, 1.165) is 0 Å². The van der Waals surface area contributed by atoms with Gasteiger partial charge in [0.1, 0.15) is 11.6 Å². The fourth-order valence-electron chi connectivity index (χ4n) is 1.67. The highest BCUT2D eigenvalue weighted by atomic mass is 16.5. The molecular weight excluding hydrogens is 274 g/mol. The molecule has 0 atom stereocenters. The molecule has 0 bridgehead atoms. The SMILES string of the molecule is Nc1ccnc(CNC(=O)c2cc(-c3ccco3)on2)n1. The van der Waals surface area contributed by atoms with Crippen LogP contribution in [0.1, 0.15) is 16.3 Å². The van der Waals surface area contributed by atoms with Crippen molar-refractivity contribution in [2.45, 2.75) is 6.54 Å². The molecule has 0 aliphatic carbocycles. The smallest absolute Gasteiger partial charge is 0.273 e. The molecule has 1 amide bonds. The first kappa shape index (κ1) is 12.9. The van der Waals surface area contributed by atoms with Gasteiger partial charge in [-0.15, -0.1) is 0 Å². The van der Waals surface area contributed by atoms with E-state index in [1.807, 2.05) is 0 Å². The van der Waals surface area contributed by atoms with Crippen LogP contribution in [0.15, 0.2) is 45.7 Å². The summed E-state index contributed by atoms with van der Waals surface area (Å²) < 4.78 is 10.2. The molecule has 3 aromatic heterocycles. The van der Waals surface area contributed by atoms with E-state index >= 15 is 0 Å².